The fourth-order valence-corrected chi connectivity index (χ4v) is 2.59. The Hall–Kier alpha value is -0.820. The molecule has 20 heavy (non-hydrogen) atoms. The average molecular weight is 306 g/mol. The Bertz CT molecular complexity index is 428. The van der Waals surface area contributed by atoms with Gasteiger partial charge in [-0.1, -0.05) is 0 Å². The molecule has 0 aromatic carbocycles. The molecular weight excluding hydrogens is 280 g/mol. The Morgan fingerprint density at radius 1 is 1.15 bits per heavy atom. The number of hydrogen-bond donors (Lipinski definition) is 0. The summed E-state index contributed by atoms with van der Waals surface area (Å²) in [5, 5.41) is 0. The lowest BCUT2D eigenvalue weighted by atomic mass is 10.2. The largest absolute Gasteiger partial charge is 0.444 e. The predicted octanol–water partition coefficient (Wildman–Crippen LogP) is 0.974. The fraction of sp³-hybridized carbons (Fsp3) is 0.923. The molecule has 1 fully saturated rings. The summed E-state index contributed by atoms with van der Waals surface area (Å²) in [6, 6.07) is 0. The minimum atomic E-state index is -2.94. The molecule has 0 unspecified atom stereocenters. The first-order chi connectivity index (χ1) is 9.07. The summed E-state index contributed by atoms with van der Waals surface area (Å²) < 4.78 is 27.7. The molecule has 1 heterocycles. The van der Waals surface area contributed by atoms with Crippen LogP contribution in [0.15, 0.2) is 0 Å². The topological polar surface area (TPSA) is 66.9 Å². The smallest absolute Gasteiger partial charge is 0.410 e. The molecule has 0 bridgehead atoms. The van der Waals surface area contributed by atoms with Crippen LogP contribution in [0.3, 0.4) is 0 Å². The Morgan fingerprint density at radius 2 is 1.80 bits per heavy atom. The summed E-state index contributed by atoms with van der Waals surface area (Å²) in [5.74, 6) is 0.166. The number of nitrogens with zero attached hydrogens (tertiary/aromatic N) is 2. The van der Waals surface area contributed by atoms with Crippen LogP contribution in [0.5, 0.6) is 0 Å². The summed E-state index contributed by atoms with van der Waals surface area (Å²) in [7, 11) is -2.94. The molecule has 0 saturated carbocycles. The van der Waals surface area contributed by atoms with E-state index < -0.39 is 15.4 Å². The first-order valence-electron chi connectivity index (χ1n) is 6.95. The van der Waals surface area contributed by atoms with E-state index in [0.29, 0.717) is 26.2 Å². The number of ether oxygens (including phenoxy) is 1. The maximum absolute atomic E-state index is 12.0. The minimum Gasteiger partial charge on any atom is -0.444 e. The quantitative estimate of drug-likeness (QED) is 0.777. The van der Waals surface area contributed by atoms with Crippen LogP contribution in [-0.2, 0) is 14.6 Å². The molecule has 118 valence electrons. The number of sulfone groups is 1. The molecular formula is C13H26N2O4S. The van der Waals surface area contributed by atoms with Gasteiger partial charge < -0.3 is 14.5 Å². The van der Waals surface area contributed by atoms with Gasteiger partial charge in [-0.2, -0.15) is 0 Å². The second-order valence-corrected chi connectivity index (χ2v) is 8.55. The number of hydrogen-bond acceptors (Lipinski definition) is 5. The highest BCUT2D eigenvalue weighted by molar-refractivity contribution is 7.90. The number of carbonyl (C=O) groups is 1. The third-order valence-corrected chi connectivity index (χ3v) is 3.94. The third kappa shape index (κ3) is 7.09. The molecule has 1 amide bonds. The van der Waals surface area contributed by atoms with Crippen LogP contribution < -0.4 is 0 Å². The van der Waals surface area contributed by atoms with Crippen molar-refractivity contribution in [2.75, 3.05) is 44.7 Å². The van der Waals surface area contributed by atoms with Crippen LogP contribution in [0.4, 0.5) is 4.79 Å². The molecule has 1 rings (SSSR count). The normalized spacial score (nSPS) is 18.7. The molecule has 1 aliphatic rings. The van der Waals surface area contributed by atoms with Gasteiger partial charge in [0.1, 0.15) is 15.4 Å². The van der Waals surface area contributed by atoms with Crippen molar-refractivity contribution in [1.29, 1.82) is 0 Å². The van der Waals surface area contributed by atoms with E-state index in [1.165, 1.54) is 6.26 Å². The summed E-state index contributed by atoms with van der Waals surface area (Å²) in [5.41, 5.74) is -0.487. The summed E-state index contributed by atoms with van der Waals surface area (Å²) >= 11 is 0. The molecule has 0 aromatic heterocycles. The second kappa shape index (κ2) is 6.76. The van der Waals surface area contributed by atoms with E-state index in [1.54, 1.807) is 4.90 Å². The zero-order valence-corrected chi connectivity index (χ0v) is 13.7. The molecule has 0 N–H and O–H groups in total. The van der Waals surface area contributed by atoms with Crippen LogP contribution >= 0.6 is 0 Å². The van der Waals surface area contributed by atoms with E-state index in [2.05, 4.69) is 4.90 Å². The van der Waals surface area contributed by atoms with Crippen LogP contribution in [0.1, 0.15) is 27.2 Å². The van der Waals surface area contributed by atoms with Gasteiger partial charge in [-0.25, -0.2) is 13.2 Å². The molecule has 0 radical (unpaired) electrons. The lowest BCUT2D eigenvalue weighted by Gasteiger charge is -2.26. The molecule has 1 saturated heterocycles. The number of amides is 1. The van der Waals surface area contributed by atoms with Gasteiger partial charge in [-0.15, -0.1) is 0 Å². The van der Waals surface area contributed by atoms with Crippen LogP contribution in [0, 0.1) is 0 Å². The molecule has 0 aliphatic carbocycles. The van der Waals surface area contributed by atoms with E-state index in [9.17, 15) is 13.2 Å². The van der Waals surface area contributed by atoms with E-state index in [-0.39, 0.29) is 11.8 Å². The molecule has 1 aliphatic heterocycles. The van der Waals surface area contributed by atoms with Crippen molar-refractivity contribution in [3.05, 3.63) is 0 Å². The van der Waals surface area contributed by atoms with Gasteiger partial charge >= 0.3 is 6.09 Å². The van der Waals surface area contributed by atoms with Gasteiger partial charge in [0, 0.05) is 32.4 Å². The van der Waals surface area contributed by atoms with Gasteiger partial charge in [-0.05, 0) is 33.7 Å². The fourth-order valence-electron chi connectivity index (χ4n) is 2.00. The van der Waals surface area contributed by atoms with Gasteiger partial charge in [0.25, 0.3) is 0 Å². The predicted molar refractivity (Wildman–Crippen MR) is 78.6 cm³/mol. The van der Waals surface area contributed by atoms with Gasteiger partial charge in [0.15, 0.2) is 0 Å². The Labute approximate surface area is 122 Å². The maximum Gasteiger partial charge on any atom is 0.410 e. The van der Waals surface area contributed by atoms with Crippen molar-refractivity contribution in [2.45, 2.75) is 32.8 Å². The van der Waals surface area contributed by atoms with E-state index in [4.69, 9.17) is 4.74 Å². The van der Waals surface area contributed by atoms with Crippen LogP contribution in [-0.4, -0.2) is 74.6 Å². The average Bonchev–Trinajstić information content (AvgIpc) is 2.48. The zero-order chi connectivity index (χ0) is 15.4. The van der Waals surface area contributed by atoms with Crippen LogP contribution in [0.25, 0.3) is 0 Å². The summed E-state index contributed by atoms with van der Waals surface area (Å²) in [6.07, 6.45) is 1.79. The van der Waals surface area contributed by atoms with Gasteiger partial charge in [0.05, 0.1) is 5.75 Å². The molecule has 7 heteroatoms. The van der Waals surface area contributed by atoms with Crippen molar-refractivity contribution in [3.8, 4) is 0 Å². The second-order valence-electron chi connectivity index (χ2n) is 6.29. The molecule has 0 atom stereocenters. The van der Waals surface area contributed by atoms with Gasteiger partial charge in [-0.3, -0.25) is 0 Å². The highest BCUT2D eigenvalue weighted by Crippen LogP contribution is 2.12. The number of rotatable bonds is 3. The Morgan fingerprint density at radius 3 is 2.35 bits per heavy atom. The first kappa shape index (κ1) is 17.2. The SMILES string of the molecule is CC(C)(C)OC(=O)N1CCCN(CCS(C)(=O)=O)CC1. The lowest BCUT2D eigenvalue weighted by molar-refractivity contribution is 0.0258. The molecule has 0 spiro atoms. The standard InChI is InChI=1S/C13H26N2O4S/c1-13(2,3)19-12(16)15-7-5-6-14(8-9-15)10-11-20(4,17)18/h5-11H2,1-4H3. The highest BCUT2D eigenvalue weighted by atomic mass is 32.2. The first-order valence-corrected chi connectivity index (χ1v) is 9.01. The maximum atomic E-state index is 12.0. The summed E-state index contributed by atoms with van der Waals surface area (Å²) in [6.45, 7) is 8.82. The van der Waals surface area contributed by atoms with Crippen molar-refractivity contribution in [3.63, 3.8) is 0 Å². The Balaban J connectivity index is 2.45. The van der Waals surface area contributed by atoms with Crippen molar-refractivity contribution in [1.82, 2.24) is 9.80 Å². The van der Waals surface area contributed by atoms with Crippen molar-refractivity contribution in [2.24, 2.45) is 0 Å². The molecule has 0 aromatic rings. The van der Waals surface area contributed by atoms with E-state index >= 15 is 0 Å². The molecule has 6 nitrogen and oxygen atoms in total. The third-order valence-electron chi connectivity index (χ3n) is 3.02. The highest BCUT2D eigenvalue weighted by Gasteiger charge is 2.24. The van der Waals surface area contributed by atoms with Crippen molar-refractivity contribution < 1.29 is 17.9 Å². The Kier molecular flexibility index (Phi) is 5.82. The monoisotopic (exact) mass is 306 g/mol. The van der Waals surface area contributed by atoms with Gasteiger partial charge in [0.2, 0.25) is 0 Å². The minimum absolute atomic E-state index is 0.166. The van der Waals surface area contributed by atoms with E-state index in [0.717, 1.165) is 13.0 Å². The van der Waals surface area contributed by atoms with Crippen LogP contribution in [0.2, 0.25) is 0 Å². The number of carbonyl (C=O) groups excluding carboxylic acids is 1. The summed E-state index contributed by atoms with van der Waals surface area (Å²) in [4.78, 5) is 15.8. The van der Waals surface area contributed by atoms with E-state index in [1.807, 2.05) is 20.8 Å². The lowest BCUT2D eigenvalue weighted by Crippen LogP contribution is -2.39. The van der Waals surface area contributed by atoms with Crippen molar-refractivity contribution >= 4 is 15.9 Å². The zero-order valence-electron chi connectivity index (χ0n) is 12.9.